The molecule has 13 nitrogen and oxygen atoms in total. The number of carbonyl (C=O) groups excluding carboxylic acids is 1. The van der Waals surface area contributed by atoms with Gasteiger partial charge in [-0.15, -0.1) is 0 Å². The van der Waals surface area contributed by atoms with Gasteiger partial charge in [0.1, 0.15) is 48.8 Å². The first-order valence-corrected chi connectivity index (χ1v) is 12.9. The third-order valence-electron chi connectivity index (χ3n) is 7.71. The van der Waals surface area contributed by atoms with Gasteiger partial charge in [-0.05, 0) is 42.7 Å². The second-order valence-electron chi connectivity index (χ2n) is 11.1. The highest BCUT2D eigenvalue weighted by Gasteiger charge is 2.46. The molecule has 1 aliphatic carbocycles. The minimum absolute atomic E-state index is 0.0933. The van der Waals surface area contributed by atoms with Gasteiger partial charge in [0.15, 0.2) is 18.4 Å². The molecule has 2 aliphatic heterocycles. The molecule has 8 N–H and O–H groups in total. The van der Waals surface area contributed by atoms with E-state index in [9.17, 15) is 45.6 Å². The van der Waals surface area contributed by atoms with Crippen molar-refractivity contribution in [3.8, 4) is 0 Å². The number of aliphatic hydroxyl groups excluding tert-OH is 8. The molecule has 0 spiro atoms. The van der Waals surface area contributed by atoms with Crippen LogP contribution in [0.3, 0.4) is 0 Å². The van der Waals surface area contributed by atoms with Gasteiger partial charge in [0.2, 0.25) is 0 Å². The average Bonchev–Trinajstić information content (AvgIpc) is 2.86. The van der Waals surface area contributed by atoms with Crippen molar-refractivity contribution in [1.82, 2.24) is 0 Å². The van der Waals surface area contributed by atoms with Crippen molar-refractivity contribution in [2.24, 2.45) is 11.3 Å². The van der Waals surface area contributed by atoms with Crippen molar-refractivity contribution in [1.29, 1.82) is 0 Å². The molecule has 220 valence electrons. The van der Waals surface area contributed by atoms with Crippen molar-refractivity contribution in [2.45, 2.75) is 108 Å². The lowest BCUT2D eigenvalue weighted by atomic mass is 9.66. The first kappa shape index (κ1) is 31.5. The Hall–Kier alpha value is -1.07. The number of carbonyl (C=O) groups is 1. The molecule has 12 unspecified atom stereocenters. The summed E-state index contributed by atoms with van der Waals surface area (Å²) in [6.07, 6.45) is -11.7. The highest BCUT2D eigenvalue weighted by Crippen LogP contribution is 2.43. The fourth-order valence-corrected chi connectivity index (χ4v) is 5.41. The predicted molar refractivity (Wildman–Crippen MR) is 128 cm³/mol. The normalized spacial score (nSPS) is 42.6. The van der Waals surface area contributed by atoms with Crippen LogP contribution in [0.25, 0.3) is 0 Å². The summed E-state index contributed by atoms with van der Waals surface area (Å²) in [5, 5.41) is 79.2. The highest BCUT2D eigenvalue weighted by atomic mass is 16.7. The van der Waals surface area contributed by atoms with Gasteiger partial charge in [0, 0.05) is 6.42 Å². The number of ketones is 1. The van der Waals surface area contributed by atoms with Crippen molar-refractivity contribution < 1.29 is 64.6 Å². The van der Waals surface area contributed by atoms with Crippen LogP contribution in [0.1, 0.15) is 40.0 Å². The monoisotopic (exact) mass is 550 g/mol. The number of rotatable bonds is 10. The molecular formula is C25H42O13. The van der Waals surface area contributed by atoms with Gasteiger partial charge < -0.3 is 59.8 Å². The number of ether oxygens (including phenoxy) is 4. The van der Waals surface area contributed by atoms with Crippen molar-refractivity contribution in [3.05, 3.63) is 11.6 Å². The largest absolute Gasteiger partial charge is 0.394 e. The van der Waals surface area contributed by atoms with E-state index in [-0.39, 0.29) is 18.3 Å². The molecule has 0 aromatic rings. The third kappa shape index (κ3) is 6.97. The van der Waals surface area contributed by atoms with E-state index in [1.165, 1.54) is 6.08 Å². The minimum atomic E-state index is -1.58. The lowest BCUT2D eigenvalue weighted by molar-refractivity contribution is -0.310. The Labute approximate surface area is 221 Å². The topological polar surface area (TPSA) is 216 Å². The van der Waals surface area contributed by atoms with Crippen LogP contribution >= 0.6 is 0 Å². The molecule has 2 fully saturated rings. The number of allylic oxidation sites excluding steroid dienone is 1. The molecule has 0 aromatic carbocycles. The molecule has 0 amide bonds. The Morgan fingerprint density at radius 2 is 1.42 bits per heavy atom. The summed E-state index contributed by atoms with van der Waals surface area (Å²) >= 11 is 0. The number of hydrogen-bond donors (Lipinski definition) is 8. The molecule has 0 radical (unpaired) electrons. The maximum Gasteiger partial charge on any atom is 0.187 e. The van der Waals surface area contributed by atoms with Crippen LogP contribution < -0.4 is 0 Å². The van der Waals surface area contributed by atoms with Crippen LogP contribution in [0.15, 0.2) is 11.6 Å². The van der Waals surface area contributed by atoms with Crippen LogP contribution in [0, 0.1) is 11.3 Å². The Bertz CT molecular complexity index is 815. The molecule has 3 rings (SSSR count). The molecule has 38 heavy (non-hydrogen) atoms. The lowest BCUT2D eigenvalue weighted by Gasteiger charge is -2.42. The summed E-state index contributed by atoms with van der Waals surface area (Å²) in [5.41, 5.74) is 0.186. The van der Waals surface area contributed by atoms with Gasteiger partial charge in [-0.3, -0.25) is 4.79 Å². The Kier molecular flexibility index (Phi) is 10.8. The molecule has 0 bridgehead atoms. The van der Waals surface area contributed by atoms with E-state index >= 15 is 0 Å². The zero-order valence-corrected chi connectivity index (χ0v) is 21.9. The van der Waals surface area contributed by atoms with E-state index < -0.39 is 86.1 Å². The Morgan fingerprint density at radius 3 is 1.97 bits per heavy atom. The van der Waals surface area contributed by atoms with Gasteiger partial charge in [-0.25, -0.2) is 0 Å². The van der Waals surface area contributed by atoms with E-state index in [1.807, 2.05) is 13.8 Å². The molecule has 13 heteroatoms. The minimum Gasteiger partial charge on any atom is -0.394 e. The molecule has 12 atom stereocenters. The van der Waals surface area contributed by atoms with Crippen LogP contribution in [0.5, 0.6) is 0 Å². The van der Waals surface area contributed by atoms with Gasteiger partial charge >= 0.3 is 0 Å². The van der Waals surface area contributed by atoms with Crippen LogP contribution in [-0.2, 0) is 23.7 Å². The fourth-order valence-electron chi connectivity index (χ4n) is 5.41. The fraction of sp³-hybridized carbons (Fsp3) is 0.880. The van der Waals surface area contributed by atoms with Gasteiger partial charge in [-0.1, -0.05) is 13.8 Å². The van der Waals surface area contributed by atoms with E-state index in [1.54, 1.807) is 6.92 Å². The Morgan fingerprint density at radius 1 is 0.895 bits per heavy atom. The van der Waals surface area contributed by atoms with Crippen LogP contribution in [-0.4, -0.2) is 134 Å². The van der Waals surface area contributed by atoms with Crippen molar-refractivity contribution in [2.75, 3.05) is 19.8 Å². The summed E-state index contributed by atoms with van der Waals surface area (Å²) in [7, 11) is 0. The maximum atomic E-state index is 12.4. The van der Waals surface area contributed by atoms with E-state index in [4.69, 9.17) is 18.9 Å². The smallest absolute Gasteiger partial charge is 0.187 e. The quantitative estimate of drug-likeness (QED) is 0.139. The standard InChI is InChI=1S/C25H42O13/c1-11(36-24-22(34)20(32)18(30)16(9-27)38-24)4-5-14-12(6-13(28)7-25(14,2)3)10-35-23-21(33)19(31)17(29)15(8-26)37-23/h6,11,14-24,26-27,29-34H,4-5,7-10H2,1-3H3. The van der Waals surface area contributed by atoms with Crippen molar-refractivity contribution in [3.63, 3.8) is 0 Å². The SMILES string of the molecule is CC(CCC1C(COC2OC(CO)C(O)C(O)C2O)=CC(=O)CC1(C)C)OC1OC(CO)C(O)C(O)C1O. The molecular weight excluding hydrogens is 508 g/mol. The number of hydrogen-bond acceptors (Lipinski definition) is 13. The summed E-state index contributed by atoms with van der Waals surface area (Å²) < 4.78 is 22.3. The summed E-state index contributed by atoms with van der Waals surface area (Å²) in [5.74, 6) is -0.254. The molecule has 3 aliphatic rings. The summed E-state index contributed by atoms with van der Waals surface area (Å²) in [6.45, 7) is 4.37. The molecule has 2 saturated heterocycles. The number of aliphatic hydroxyl groups is 8. The zero-order valence-electron chi connectivity index (χ0n) is 21.9. The summed E-state index contributed by atoms with van der Waals surface area (Å²) in [4.78, 5) is 12.4. The van der Waals surface area contributed by atoms with E-state index in [2.05, 4.69) is 0 Å². The first-order chi connectivity index (χ1) is 17.8. The van der Waals surface area contributed by atoms with Crippen molar-refractivity contribution >= 4 is 5.78 Å². The highest BCUT2D eigenvalue weighted by molar-refractivity contribution is 5.92. The third-order valence-corrected chi connectivity index (χ3v) is 7.71. The molecule has 0 saturated carbocycles. The second kappa shape index (κ2) is 13.1. The maximum absolute atomic E-state index is 12.4. The molecule has 0 aromatic heterocycles. The Balaban J connectivity index is 1.63. The average molecular weight is 551 g/mol. The van der Waals surface area contributed by atoms with Gasteiger partial charge in [-0.2, -0.15) is 0 Å². The predicted octanol–water partition coefficient (Wildman–Crippen LogP) is -2.67. The first-order valence-electron chi connectivity index (χ1n) is 12.9. The molecule has 2 heterocycles. The summed E-state index contributed by atoms with van der Waals surface area (Å²) in [6, 6.07) is 0. The second-order valence-corrected chi connectivity index (χ2v) is 11.1. The van der Waals surface area contributed by atoms with E-state index in [0.29, 0.717) is 24.8 Å². The zero-order chi connectivity index (χ0) is 28.4. The van der Waals surface area contributed by atoms with Gasteiger partial charge in [0.25, 0.3) is 0 Å². The lowest BCUT2D eigenvalue weighted by Crippen LogP contribution is -2.59. The van der Waals surface area contributed by atoms with E-state index in [0.717, 1.165) is 0 Å². The van der Waals surface area contributed by atoms with Gasteiger partial charge in [0.05, 0.1) is 25.9 Å². The van der Waals surface area contributed by atoms with Crippen LogP contribution in [0.4, 0.5) is 0 Å². The van der Waals surface area contributed by atoms with Crippen LogP contribution in [0.2, 0.25) is 0 Å².